The van der Waals surface area contributed by atoms with Gasteiger partial charge in [-0.25, -0.2) is 0 Å². The molecule has 0 aromatic heterocycles. The highest BCUT2D eigenvalue weighted by Gasteiger charge is 2.36. The van der Waals surface area contributed by atoms with E-state index in [1.54, 1.807) is 11.8 Å². The molecule has 0 amide bonds. The second-order valence-corrected chi connectivity index (χ2v) is 5.74. The number of thioether (sulfide) groups is 1. The van der Waals surface area contributed by atoms with Crippen LogP contribution in [0.5, 0.6) is 5.75 Å². The highest BCUT2D eigenvalue weighted by Crippen LogP contribution is 2.49. The van der Waals surface area contributed by atoms with E-state index in [4.69, 9.17) is 5.11 Å². The molecule has 2 rings (SSSR count). The van der Waals surface area contributed by atoms with Gasteiger partial charge in [-0.1, -0.05) is 6.07 Å². The van der Waals surface area contributed by atoms with Gasteiger partial charge in [-0.05, 0) is 43.6 Å². The molecular formula is C14H18O3S. The summed E-state index contributed by atoms with van der Waals surface area (Å²) in [4.78, 5) is 12.0. The number of benzene rings is 1. The van der Waals surface area contributed by atoms with E-state index in [0.29, 0.717) is 5.92 Å². The average Bonchev–Trinajstić information content (AvgIpc) is 3.13. The molecule has 98 valence electrons. The number of phenols is 1. The number of carboxylic acid groups (broad SMARTS) is 1. The van der Waals surface area contributed by atoms with Crippen molar-refractivity contribution >= 4 is 17.7 Å². The third kappa shape index (κ3) is 2.64. The summed E-state index contributed by atoms with van der Waals surface area (Å²) in [6.07, 6.45) is 4.20. The van der Waals surface area contributed by atoms with E-state index in [1.807, 2.05) is 25.3 Å². The van der Waals surface area contributed by atoms with Gasteiger partial charge in [-0.15, -0.1) is 11.8 Å². The first kappa shape index (κ1) is 13.3. The fourth-order valence-corrected chi connectivity index (χ4v) is 3.10. The number of aromatic hydroxyl groups is 1. The van der Waals surface area contributed by atoms with E-state index >= 15 is 0 Å². The number of aliphatic carboxylic acids is 1. The van der Waals surface area contributed by atoms with Crippen LogP contribution in [0.15, 0.2) is 17.0 Å². The van der Waals surface area contributed by atoms with E-state index in [9.17, 15) is 9.90 Å². The lowest BCUT2D eigenvalue weighted by Crippen LogP contribution is -2.10. The summed E-state index contributed by atoms with van der Waals surface area (Å²) in [6.45, 7) is 1.85. The monoisotopic (exact) mass is 266 g/mol. The summed E-state index contributed by atoms with van der Waals surface area (Å²) in [7, 11) is 0. The Bertz CT molecular complexity index is 466. The first-order valence-electron chi connectivity index (χ1n) is 6.12. The second-order valence-electron chi connectivity index (χ2n) is 4.89. The zero-order valence-corrected chi connectivity index (χ0v) is 11.5. The van der Waals surface area contributed by atoms with Crippen LogP contribution in [0.1, 0.15) is 36.3 Å². The molecule has 1 aliphatic carbocycles. The quantitative estimate of drug-likeness (QED) is 0.802. The Morgan fingerprint density at radius 2 is 2.17 bits per heavy atom. The van der Waals surface area contributed by atoms with Gasteiger partial charge in [-0.2, -0.15) is 0 Å². The average molecular weight is 266 g/mol. The summed E-state index contributed by atoms with van der Waals surface area (Å²) in [5.74, 6) is -0.149. The highest BCUT2D eigenvalue weighted by molar-refractivity contribution is 7.98. The van der Waals surface area contributed by atoms with Crippen molar-refractivity contribution in [1.82, 2.24) is 0 Å². The number of phenolic OH excluding ortho intramolecular Hbond substituents is 1. The Morgan fingerprint density at radius 1 is 1.50 bits per heavy atom. The summed E-state index contributed by atoms with van der Waals surface area (Å²) >= 11 is 1.57. The summed E-state index contributed by atoms with van der Waals surface area (Å²) in [5.41, 5.74) is 1.66. The van der Waals surface area contributed by atoms with Gasteiger partial charge in [0.05, 0.1) is 6.42 Å². The van der Waals surface area contributed by atoms with Crippen LogP contribution in [0.25, 0.3) is 0 Å². The van der Waals surface area contributed by atoms with Gasteiger partial charge in [0, 0.05) is 16.4 Å². The molecule has 0 saturated heterocycles. The molecule has 0 bridgehead atoms. The van der Waals surface area contributed by atoms with Crippen LogP contribution in [-0.2, 0) is 4.79 Å². The fraction of sp³-hybridized carbons (Fsp3) is 0.500. The second kappa shape index (κ2) is 5.22. The molecule has 1 unspecified atom stereocenters. The molecule has 1 saturated carbocycles. The van der Waals surface area contributed by atoms with Crippen molar-refractivity contribution < 1.29 is 15.0 Å². The van der Waals surface area contributed by atoms with Crippen molar-refractivity contribution in [1.29, 1.82) is 0 Å². The Balaban J connectivity index is 2.44. The third-order valence-electron chi connectivity index (χ3n) is 3.56. The molecule has 0 radical (unpaired) electrons. The van der Waals surface area contributed by atoms with E-state index in [1.165, 1.54) is 0 Å². The molecule has 3 nitrogen and oxygen atoms in total. The molecule has 18 heavy (non-hydrogen) atoms. The maximum Gasteiger partial charge on any atom is 0.303 e. The minimum atomic E-state index is -0.792. The van der Waals surface area contributed by atoms with Crippen molar-refractivity contribution in [2.24, 2.45) is 5.92 Å². The van der Waals surface area contributed by atoms with Gasteiger partial charge in [-0.3, -0.25) is 4.79 Å². The summed E-state index contributed by atoms with van der Waals surface area (Å²) in [5, 5.41) is 19.3. The van der Waals surface area contributed by atoms with Crippen molar-refractivity contribution in [2.45, 2.75) is 37.0 Å². The predicted octanol–water partition coefficient (Wildman–Crippen LogP) is 3.39. The van der Waals surface area contributed by atoms with Crippen molar-refractivity contribution in [3.63, 3.8) is 0 Å². The van der Waals surface area contributed by atoms with Crippen molar-refractivity contribution in [3.05, 3.63) is 23.3 Å². The van der Waals surface area contributed by atoms with Gasteiger partial charge >= 0.3 is 5.97 Å². The fourth-order valence-electron chi connectivity index (χ4n) is 2.43. The molecule has 0 aliphatic heterocycles. The molecule has 1 fully saturated rings. The first-order valence-corrected chi connectivity index (χ1v) is 7.35. The van der Waals surface area contributed by atoms with Crippen LogP contribution in [-0.4, -0.2) is 22.4 Å². The smallest absolute Gasteiger partial charge is 0.303 e. The van der Waals surface area contributed by atoms with Crippen LogP contribution in [0.2, 0.25) is 0 Å². The van der Waals surface area contributed by atoms with Gasteiger partial charge < -0.3 is 10.2 Å². The largest absolute Gasteiger partial charge is 0.507 e. The zero-order chi connectivity index (χ0) is 13.3. The predicted molar refractivity (Wildman–Crippen MR) is 72.3 cm³/mol. The zero-order valence-electron chi connectivity index (χ0n) is 10.6. The van der Waals surface area contributed by atoms with Crippen LogP contribution < -0.4 is 0 Å². The van der Waals surface area contributed by atoms with Crippen LogP contribution >= 0.6 is 11.8 Å². The Kier molecular flexibility index (Phi) is 3.85. The normalized spacial score (nSPS) is 16.6. The van der Waals surface area contributed by atoms with Gasteiger partial charge in [0.25, 0.3) is 0 Å². The molecule has 2 N–H and O–H groups in total. The van der Waals surface area contributed by atoms with Gasteiger partial charge in [0.15, 0.2) is 0 Å². The number of carbonyl (C=O) groups is 1. The molecule has 4 heteroatoms. The van der Waals surface area contributed by atoms with Gasteiger partial charge in [0.1, 0.15) is 5.75 Å². The lowest BCUT2D eigenvalue weighted by molar-refractivity contribution is -0.137. The van der Waals surface area contributed by atoms with E-state index in [2.05, 4.69) is 0 Å². The number of rotatable bonds is 5. The molecular weight excluding hydrogens is 248 g/mol. The molecule has 1 atom stereocenters. The van der Waals surface area contributed by atoms with Crippen molar-refractivity contribution in [3.8, 4) is 5.75 Å². The maximum atomic E-state index is 11.0. The SMILES string of the molecule is CSc1ccc(C)c(O)c1C(CC(=O)O)C1CC1. The molecule has 0 spiro atoms. The maximum absolute atomic E-state index is 11.0. The Hall–Kier alpha value is -1.16. The lowest BCUT2D eigenvalue weighted by Gasteiger charge is -2.20. The summed E-state index contributed by atoms with van der Waals surface area (Å²) in [6, 6.07) is 3.86. The van der Waals surface area contributed by atoms with E-state index in [0.717, 1.165) is 28.9 Å². The van der Waals surface area contributed by atoms with E-state index in [-0.39, 0.29) is 18.1 Å². The van der Waals surface area contributed by atoms with Crippen molar-refractivity contribution in [2.75, 3.05) is 6.26 Å². The number of carboxylic acids is 1. The van der Waals surface area contributed by atoms with E-state index < -0.39 is 5.97 Å². The van der Waals surface area contributed by atoms with Crippen LogP contribution in [0.3, 0.4) is 0 Å². The van der Waals surface area contributed by atoms with Gasteiger partial charge in [0.2, 0.25) is 0 Å². The highest BCUT2D eigenvalue weighted by atomic mass is 32.2. The summed E-state index contributed by atoms with van der Waals surface area (Å²) < 4.78 is 0. The molecule has 0 heterocycles. The number of hydrogen-bond donors (Lipinski definition) is 2. The minimum Gasteiger partial charge on any atom is -0.507 e. The lowest BCUT2D eigenvalue weighted by atomic mass is 9.89. The third-order valence-corrected chi connectivity index (χ3v) is 4.35. The number of aryl methyl sites for hydroxylation is 1. The molecule has 1 aromatic rings. The molecule has 1 aliphatic rings. The Morgan fingerprint density at radius 3 is 2.67 bits per heavy atom. The number of hydrogen-bond acceptors (Lipinski definition) is 3. The Labute approximate surface area is 111 Å². The van der Waals surface area contributed by atoms with Crippen LogP contribution in [0.4, 0.5) is 0 Å². The first-order chi connectivity index (χ1) is 8.54. The minimum absolute atomic E-state index is 0.0511. The standard InChI is InChI=1S/C14H18O3S/c1-8-3-6-11(18-2)13(14(8)17)10(7-12(15)16)9-4-5-9/h3,6,9-10,17H,4-5,7H2,1-2H3,(H,15,16). The topological polar surface area (TPSA) is 57.5 Å². The van der Waals surface area contributed by atoms with Crippen LogP contribution in [0, 0.1) is 12.8 Å². The molecule has 1 aromatic carbocycles.